The molecule has 1 N–H and O–H groups in total. The standard InChI is InChI=1S/C12H10Cl2N2/c13-10-4-5-11(14)9(7-10)8-16-12-3-1-2-6-15-12/h1-7H,8H2,(H,15,16). The van der Waals surface area contributed by atoms with Gasteiger partial charge in [-0.25, -0.2) is 4.98 Å². The van der Waals surface area contributed by atoms with Crippen LogP contribution < -0.4 is 5.32 Å². The number of nitrogens with zero attached hydrogens (tertiary/aromatic N) is 1. The largest absolute Gasteiger partial charge is 0.366 e. The molecule has 0 saturated carbocycles. The van der Waals surface area contributed by atoms with E-state index in [4.69, 9.17) is 23.2 Å². The molecule has 1 aromatic carbocycles. The average molecular weight is 253 g/mol. The van der Waals surface area contributed by atoms with Gasteiger partial charge in [0.2, 0.25) is 0 Å². The normalized spacial score (nSPS) is 10.1. The average Bonchev–Trinajstić information content (AvgIpc) is 2.32. The zero-order valence-electron chi connectivity index (χ0n) is 8.45. The SMILES string of the molecule is Clc1ccc(Cl)c(CNc2ccccn2)c1. The third-order valence-corrected chi connectivity index (χ3v) is 2.74. The van der Waals surface area contributed by atoms with Crippen LogP contribution in [0.15, 0.2) is 42.6 Å². The van der Waals surface area contributed by atoms with Gasteiger partial charge in [-0.15, -0.1) is 0 Å². The number of pyridine rings is 1. The van der Waals surface area contributed by atoms with E-state index >= 15 is 0 Å². The molecule has 0 aliphatic carbocycles. The van der Waals surface area contributed by atoms with Crippen molar-refractivity contribution in [2.75, 3.05) is 5.32 Å². The van der Waals surface area contributed by atoms with E-state index in [1.54, 1.807) is 18.3 Å². The van der Waals surface area contributed by atoms with Crippen LogP contribution in [-0.4, -0.2) is 4.98 Å². The number of hydrogen-bond donors (Lipinski definition) is 1. The summed E-state index contributed by atoms with van der Waals surface area (Å²) in [6.07, 6.45) is 1.74. The summed E-state index contributed by atoms with van der Waals surface area (Å²) in [6.45, 7) is 0.608. The Morgan fingerprint density at radius 1 is 1.12 bits per heavy atom. The zero-order valence-corrected chi connectivity index (χ0v) is 9.96. The molecule has 2 rings (SSSR count). The van der Waals surface area contributed by atoms with Crippen molar-refractivity contribution in [3.8, 4) is 0 Å². The molecule has 0 saturated heterocycles. The minimum atomic E-state index is 0.608. The first-order valence-corrected chi connectivity index (χ1v) is 5.60. The Labute approximate surface area is 104 Å². The molecule has 4 heteroatoms. The van der Waals surface area contributed by atoms with Crippen LogP contribution in [0.5, 0.6) is 0 Å². The summed E-state index contributed by atoms with van der Waals surface area (Å²) in [4.78, 5) is 4.16. The van der Waals surface area contributed by atoms with Crippen LogP contribution in [-0.2, 0) is 6.54 Å². The first-order chi connectivity index (χ1) is 7.75. The van der Waals surface area contributed by atoms with Crippen LogP contribution >= 0.6 is 23.2 Å². The molecule has 0 radical (unpaired) electrons. The van der Waals surface area contributed by atoms with Crippen LogP contribution in [0.25, 0.3) is 0 Å². The number of benzene rings is 1. The summed E-state index contributed by atoms with van der Waals surface area (Å²) in [6, 6.07) is 11.1. The molecule has 0 spiro atoms. The minimum Gasteiger partial charge on any atom is -0.366 e. The molecule has 16 heavy (non-hydrogen) atoms. The van der Waals surface area contributed by atoms with E-state index < -0.39 is 0 Å². The third-order valence-electron chi connectivity index (χ3n) is 2.13. The Kier molecular flexibility index (Phi) is 3.65. The maximum atomic E-state index is 6.04. The molecule has 1 heterocycles. The molecule has 2 nitrogen and oxygen atoms in total. The van der Waals surface area contributed by atoms with Crippen molar-refractivity contribution in [2.45, 2.75) is 6.54 Å². The summed E-state index contributed by atoms with van der Waals surface area (Å²) in [5.41, 5.74) is 0.958. The Morgan fingerprint density at radius 3 is 2.75 bits per heavy atom. The summed E-state index contributed by atoms with van der Waals surface area (Å²) in [7, 11) is 0. The van der Waals surface area contributed by atoms with Crippen molar-refractivity contribution in [3.05, 3.63) is 58.2 Å². The Hall–Kier alpha value is -1.25. The van der Waals surface area contributed by atoms with Crippen LogP contribution in [0.1, 0.15) is 5.56 Å². The highest BCUT2D eigenvalue weighted by Crippen LogP contribution is 2.21. The lowest BCUT2D eigenvalue weighted by molar-refractivity contribution is 1.11. The molecule has 0 aliphatic heterocycles. The Bertz CT molecular complexity index is 472. The lowest BCUT2D eigenvalue weighted by Gasteiger charge is -2.07. The smallest absolute Gasteiger partial charge is 0.126 e. The van der Waals surface area contributed by atoms with Gasteiger partial charge in [-0.1, -0.05) is 29.3 Å². The fraction of sp³-hybridized carbons (Fsp3) is 0.0833. The first kappa shape index (κ1) is 11.2. The molecular formula is C12H10Cl2N2. The van der Waals surface area contributed by atoms with Crippen molar-refractivity contribution in [3.63, 3.8) is 0 Å². The second-order valence-electron chi connectivity index (χ2n) is 3.30. The molecule has 0 unspecified atom stereocenters. The fourth-order valence-electron chi connectivity index (χ4n) is 1.33. The van der Waals surface area contributed by atoms with E-state index in [-0.39, 0.29) is 0 Å². The summed E-state index contributed by atoms with van der Waals surface area (Å²) >= 11 is 11.9. The lowest BCUT2D eigenvalue weighted by Crippen LogP contribution is -2.01. The van der Waals surface area contributed by atoms with E-state index in [2.05, 4.69) is 10.3 Å². The van der Waals surface area contributed by atoms with E-state index in [9.17, 15) is 0 Å². The molecule has 0 fully saturated rings. The van der Waals surface area contributed by atoms with E-state index in [1.165, 1.54) is 0 Å². The van der Waals surface area contributed by atoms with E-state index in [0.29, 0.717) is 16.6 Å². The number of hydrogen-bond acceptors (Lipinski definition) is 2. The van der Waals surface area contributed by atoms with Gasteiger partial charge in [0, 0.05) is 22.8 Å². The predicted molar refractivity (Wildman–Crippen MR) is 68.0 cm³/mol. The highest BCUT2D eigenvalue weighted by atomic mass is 35.5. The van der Waals surface area contributed by atoms with Gasteiger partial charge in [0.15, 0.2) is 0 Å². The monoisotopic (exact) mass is 252 g/mol. The minimum absolute atomic E-state index is 0.608. The quantitative estimate of drug-likeness (QED) is 0.894. The molecule has 2 aromatic rings. The molecule has 1 aromatic heterocycles. The van der Waals surface area contributed by atoms with Crippen molar-refractivity contribution in [1.29, 1.82) is 0 Å². The molecule has 0 aliphatic rings. The molecular weight excluding hydrogens is 243 g/mol. The van der Waals surface area contributed by atoms with E-state index in [1.807, 2.05) is 24.3 Å². The molecule has 0 amide bonds. The van der Waals surface area contributed by atoms with Crippen LogP contribution in [0.4, 0.5) is 5.82 Å². The molecule has 0 atom stereocenters. The van der Waals surface area contributed by atoms with Gasteiger partial charge < -0.3 is 5.32 Å². The molecule has 0 bridgehead atoms. The van der Waals surface area contributed by atoms with Gasteiger partial charge in [-0.05, 0) is 35.9 Å². The first-order valence-electron chi connectivity index (χ1n) is 4.84. The Morgan fingerprint density at radius 2 is 2.00 bits per heavy atom. The summed E-state index contributed by atoms with van der Waals surface area (Å²) in [5.74, 6) is 0.818. The lowest BCUT2D eigenvalue weighted by atomic mass is 10.2. The third kappa shape index (κ3) is 2.87. The second-order valence-corrected chi connectivity index (χ2v) is 4.15. The zero-order chi connectivity index (χ0) is 11.4. The van der Waals surface area contributed by atoms with Crippen molar-refractivity contribution < 1.29 is 0 Å². The fourth-order valence-corrected chi connectivity index (χ4v) is 1.71. The van der Waals surface area contributed by atoms with E-state index in [0.717, 1.165) is 11.4 Å². The van der Waals surface area contributed by atoms with Crippen LogP contribution in [0.3, 0.4) is 0 Å². The number of anilines is 1. The number of rotatable bonds is 3. The van der Waals surface area contributed by atoms with Gasteiger partial charge >= 0.3 is 0 Å². The maximum absolute atomic E-state index is 6.04. The van der Waals surface area contributed by atoms with Crippen molar-refractivity contribution in [1.82, 2.24) is 4.98 Å². The number of nitrogens with one attached hydrogen (secondary N) is 1. The highest BCUT2D eigenvalue weighted by Gasteiger charge is 2.01. The van der Waals surface area contributed by atoms with Crippen LogP contribution in [0.2, 0.25) is 10.0 Å². The number of halogens is 2. The van der Waals surface area contributed by atoms with Crippen LogP contribution in [0, 0.1) is 0 Å². The van der Waals surface area contributed by atoms with Gasteiger partial charge in [0.25, 0.3) is 0 Å². The van der Waals surface area contributed by atoms with Gasteiger partial charge in [0.05, 0.1) is 0 Å². The van der Waals surface area contributed by atoms with Crippen molar-refractivity contribution in [2.24, 2.45) is 0 Å². The maximum Gasteiger partial charge on any atom is 0.126 e. The van der Waals surface area contributed by atoms with Gasteiger partial charge in [-0.3, -0.25) is 0 Å². The molecule has 82 valence electrons. The Balaban J connectivity index is 2.08. The summed E-state index contributed by atoms with van der Waals surface area (Å²) in [5, 5.41) is 4.56. The highest BCUT2D eigenvalue weighted by molar-refractivity contribution is 6.33. The van der Waals surface area contributed by atoms with Crippen molar-refractivity contribution >= 4 is 29.0 Å². The van der Waals surface area contributed by atoms with Gasteiger partial charge in [0.1, 0.15) is 5.82 Å². The topological polar surface area (TPSA) is 24.9 Å². The predicted octanol–water partition coefficient (Wildman–Crippen LogP) is 4.00. The second kappa shape index (κ2) is 5.19. The van der Waals surface area contributed by atoms with Gasteiger partial charge in [-0.2, -0.15) is 0 Å². The number of aromatic nitrogens is 1. The summed E-state index contributed by atoms with van der Waals surface area (Å²) < 4.78 is 0.